The van der Waals surface area contributed by atoms with Crippen molar-refractivity contribution in [2.75, 3.05) is 32.9 Å². The van der Waals surface area contributed by atoms with Gasteiger partial charge >= 0.3 is 0 Å². The van der Waals surface area contributed by atoms with E-state index in [4.69, 9.17) is 9.47 Å². The highest BCUT2D eigenvalue weighted by molar-refractivity contribution is 4.61. The zero-order valence-electron chi connectivity index (χ0n) is 13.3. The molecule has 0 amide bonds. The van der Waals surface area contributed by atoms with Gasteiger partial charge in [-0.15, -0.1) is 0 Å². The van der Waals surface area contributed by atoms with Crippen LogP contribution in [0.3, 0.4) is 0 Å². The first-order valence-corrected chi connectivity index (χ1v) is 7.50. The van der Waals surface area contributed by atoms with Gasteiger partial charge in [-0.05, 0) is 25.2 Å². The average Bonchev–Trinajstić information content (AvgIpc) is 2.29. The number of nitrogens with one attached hydrogen (secondary N) is 1. The molecule has 0 saturated carbocycles. The third-order valence-corrected chi connectivity index (χ3v) is 2.63. The van der Waals surface area contributed by atoms with Gasteiger partial charge in [0.25, 0.3) is 0 Å². The molecule has 0 aliphatic heterocycles. The van der Waals surface area contributed by atoms with E-state index in [-0.39, 0.29) is 6.10 Å². The van der Waals surface area contributed by atoms with Crippen molar-refractivity contribution in [3.63, 3.8) is 0 Å². The van der Waals surface area contributed by atoms with Gasteiger partial charge in [-0.1, -0.05) is 27.7 Å². The Bertz CT molecular complexity index is 198. The van der Waals surface area contributed by atoms with E-state index in [1.54, 1.807) is 0 Å². The smallest absolute Gasteiger partial charge is 0.0897 e. The highest BCUT2D eigenvalue weighted by atomic mass is 16.5. The molecule has 0 heterocycles. The summed E-state index contributed by atoms with van der Waals surface area (Å²) in [5.74, 6) is 1.20. The van der Waals surface area contributed by atoms with Gasteiger partial charge in [0.2, 0.25) is 0 Å². The van der Waals surface area contributed by atoms with Gasteiger partial charge in [0.1, 0.15) is 0 Å². The van der Waals surface area contributed by atoms with Crippen LogP contribution < -0.4 is 5.32 Å². The summed E-state index contributed by atoms with van der Waals surface area (Å²) in [7, 11) is 0. The molecule has 0 aromatic heterocycles. The molecule has 2 unspecified atom stereocenters. The molecule has 0 aromatic rings. The van der Waals surface area contributed by atoms with Crippen LogP contribution in [0.2, 0.25) is 0 Å². The van der Waals surface area contributed by atoms with Crippen LogP contribution in [0.4, 0.5) is 0 Å². The number of rotatable bonds is 12. The van der Waals surface area contributed by atoms with E-state index in [2.05, 4.69) is 39.9 Å². The van der Waals surface area contributed by atoms with E-state index >= 15 is 0 Å². The maximum Gasteiger partial charge on any atom is 0.0897 e. The minimum atomic E-state index is -0.445. The zero-order chi connectivity index (χ0) is 14.7. The molecule has 0 aliphatic rings. The normalized spacial score (nSPS) is 15.2. The van der Waals surface area contributed by atoms with Crippen LogP contribution in [0.25, 0.3) is 0 Å². The summed E-state index contributed by atoms with van der Waals surface area (Å²) in [6.07, 6.45) is 0.798. The van der Waals surface area contributed by atoms with Crippen molar-refractivity contribution in [2.24, 2.45) is 11.8 Å². The Morgan fingerprint density at radius 3 is 2.26 bits per heavy atom. The first-order valence-electron chi connectivity index (χ1n) is 7.50. The average molecular weight is 275 g/mol. The molecular weight excluding hydrogens is 242 g/mol. The second-order valence-corrected chi connectivity index (χ2v) is 6.10. The Kier molecular flexibility index (Phi) is 11.6. The van der Waals surface area contributed by atoms with Gasteiger partial charge in [-0.2, -0.15) is 0 Å². The van der Waals surface area contributed by atoms with Crippen LogP contribution in [0.5, 0.6) is 0 Å². The monoisotopic (exact) mass is 275 g/mol. The van der Waals surface area contributed by atoms with Gasteiger partial charge in [0.15, 0.2) is 0 Å². The molecule has 0 fully saturated rings. The third kappa shape index (κ3) is 14.1. The fourth-order valence-electron chi connectivity index (χ4n) is 1.80. The lowest BCUT2D eigenvalue weighted by Crippen LogP contribution is -2.33. The SMILES string of the molecule is CC(C)COCCNCC(O)COC(C)CC(C)C. The van der Waals surface area contributed by atoms with Crippen molar-refractivity contribution in [3.8, 4) is 0 Å². The summed E-state index contributed by atoms with van der Waals surface area (Å²) in [5, 5.41) is 12.9. The molecule has 0 bridgehead atoms. The first-order chi connectivity index (χ1) is 8.91. The Morgan fingerprint density at radius 2 is 1.68 bits per heavy atom. The third-order valence-electron chi connectivity index (χ3n) is 2.63. The van der Waals surface area contributed by atoms with Crippen LogP contribution in [0.1, 0.15) is 41.0 Å². The van der Waals surface area contributed by atoms with Gasteiger partial charge in [0, 0.05) is 19.7 Å². The van der Waals surface area contributed by atoms with E-state index in [0.29, 0.717) is 31.6 Å². The Labute approximate surface area is 118 Å². The predicted octanol–water partition coefficient (Wildman–Crippen LogP) is 2.06. The van der Waals surface area contributed by atoms with E-state index in [9.17, 15) is 5.11 Å². The summed E-state index contributed by atoms with van der Waals surface area (Å²) in [4.78, 5) is 0. The number of hydrogen-bond acceptors (Lipinski definition) is 4. The van der Waals surface area contributed by atoms with Crippen molar-refractivity contribution >= 4 is 0 Å². The molecule has 0 aliphatic carbocycles. The van der Waals surface area contributed by atoms with Crippen LogP contribution in [-0.4, -0.2) is 50.2 Å². The van der Waals surface area contributed by atoms with E-state index < -0.39 is 6.10 Å². The lowest BCUT2D eigenvalue weighted by atomic mass is 10.1. The Balaban J connectivity index is 3.36. The van der Waals surface area contributed by atoms with E-state index in [1.807, 2.05) is 0 Å². The molecule has 0 aromatic carbocycles. The minimum absolute atomic E-state index is 0.212. The molecule has 2 N–H and O–H groups in total. The highest BCUT2D eigenvalue weighted by Gasteiger charge is 2.09. The second kappa shape index (κ2) is 11.6. The van der Waals surface area contributed by atoms with Crippen molar-refractivity contribution in [3.05, 3.63) is 0 Å². The molecule has 0 saturated heterocycles. The molecular formula is C15H33NO3. The standard InChI is InChI=1S/C15H33NO3/c1-12(2)8-14(5)19-11-15(17)9-16-6-7-18-10-13(3)4/h12-17H,6-11H2,1-5H3. The predicted molar refractivity (Wildman–Crippen MR) is 79.4 cm³/mol. The summed E-state index contributed by atoms with van der Waals surface area (Å²) in [6, 6.07) is 0. The summed E-state index contributed by atoms with van der Waals surface area (Å²) < 4.78 is 11.0. The fraction of sp³-hybridized carbons (Fsp3) is 1.00. The number of ether oxygens (including phenoxy) is 2. The quantitative estimate of drug-likeness (QED) is 0.535. The molecule has 2 atom stereocenters. The number of aliphatic hydroxyl groups excluding tert-OH is 1. The summed E-state index contributed by atoms with van der Waals surface area (Å²) >= 11 is 0. The van der Waals surface area contributed by atoms with Gasteiger partial charge < -0.3 is 19.9 Å². The molecule has 116 valence electrons. The topological polar surface area (TPSA) is 50.7 Å². The largest absolute Gasteiger partial charge is 0.389 e. The van der Waals surface area contributed by atoms with Gasteiger partial charge in [-0.25, -0.2) is 0 Å². The van der Waals surface area contributed by atoms with Crippen molar-refractivity contribution in [2.45, 2.75) is 53.2 Å². The van der Waals surface area contributed by atoms with Crippen LogP contribution in [0.15, 0.2) is 0 Å². The molecule has 4 nitrogen and oxygen atoms in total. The highest BCUT2D eigenvalue weighted by Crippen LogP contribution is 2.07. The second-order valence-electron chi connectivity index (χ2n) is 6.10. The number of aliphatic hydroxyl groups is 1. The molecule has 19 heavy (non-hydrogen) atoms. The van der Waals surface area contributed by atoms with Crippen LogP contribution in [0, 0.1) is 11.8 Å². The summed E-state index contributed by atoms with van der Waals surface area (Å²) in [5.41, 5.74) is 0. The zero-order valence-corrected chi connectivity index (χ0v) is 13.3. The first kappa shape index (κ1) is 18.8. The maximum absolute atomic E-state index is 9.75. The minimum Gasteiger partial charge on any atom is -0.389 e. The van der Waals surface area contributed by atoms with E-state index in [1.165, 1.54) is 0 Å². The molecule has 4 heteroatoms. The number of hydrogen-bond donors (Lipinski definition) is 2. The van der Waals surface area contributed by atoms with Crippen molar-refractivity contribution in [1.29, 1.82) is 0 Å². The van der Waals surface area contributed by atoms with Crippen molar-refractivity contribution < 1.29 is 14.6 Å². The van der Waals surface area contributed by atoms with Crippen molar-refractivity contribution in [1.82, 2.24) is 5.32 Å². The van der Waals surface area contributed by atoms with Gasteiger partial charge in [0.05, 0.1) is 25.4 Å². The molecule has 0 radical (unpaired) electrons. The fourth-order valence-corrected chi connectivity index (χ4v) is 1.80. The van der Waals surface area contributed by atoms with Gasteiger partial charge in [-0.3, -0.25) is 0 Å². The molecule has 0 rings (SSSR count). The van der Waals surface area contributed by atoms with Crippen LogP contribution in [-0.2, 0) is 9.47 Å². The summed E-state index contributed by atoms with van der Waals surface area (Å²) in [6.45, 7) is 13.9. The van der Waals surface area contributed by atoms with Crippen LogP contribution >= 0.6 is 0 Å². The lowest BCUT2D eigenvalue weighted by Gasteiger charge is -2.18. The Hall–Kier alpha value is -0.160. The Morgan fingerprint density at radius 1 is 1.00 bits per heavy atom. The van der Waals surface area contributed by atoms with E-state index in [0.717, 1.165) is 19.6 Å². The maximum atomic E-state index is 9.75. The lowest BCUT2D eigenvalue weighted by molar-refractivity contribution is -0.00905. The molecule has 0 spiro atoms.